The smallest absolute Gasteiger partial charge is 0.339 e. The first-order valence-corrected chi connectivity index (χ1v) is 8.25. The molecule has 22 heavy (non-hydrogen) atoms. The zero-order chi connectivity index (χ0) is 15.5. The van der Waals surface area contributed by atoms with Crippen molar-refractivity contribution in [1.29, 1.82) is 0 Å². The summed E-state index contributed by atoms with van der Waals surface area (Å²) in [5, 5.41) is 3.52. The molecule has 0 amide bonds. The molecule has 112 valence electrons. The van der Waals surface area contributed by atoms with Crippen molar-refractivity contribution < 1.29 is 19.1 Å². The van der Waals surface area contributed by atoms with E-state index in [0.29, 0.717) is 11.1 Å². The quantitative estimate of drug-likeness (QED) is 0.761. The third-order valence-corrected chi connectivity index (χ3v) is 4.28. The van der Waals surface area contributed by atoms with Gasteiger partial charge in [0.2, 0.25) is 0 Å². The summed E-state index contributed by atoms with van der Waals surface area (Å²) in [6, 6.07) is 9.09. The average molecular weight is 379 g/mol. The fourth-order valence-corrected chi connectivity index (χ4v) is 3.09. The van der Waals surface area contributed by atoms with Crippen molar-refractivity contribution in [3.63, 3.8) is 0 Å². The van der Waals surface area contributed by atoms with E-state index in [-0.39, 0.29) is 6.61 Å². The van der Waals surface area contributed by atoms with E-state index in [4.69, 9.17) is 9.47 Å². The van der Waals surface area contributed by atoms with Gasteiger partial charge >= 0.3 is 11.9 Å². The number of hydrogen-bond acceptors (Lipinski definition) is 5. The number of halogens is 1. The molecule has 1 atom stereocenters. The van der Waals surface area contributed by atoms with Crippen LogP contribution in [0.1, 0.15) is 15.9 Å². The van der Waals surface area contributed by atoms with E-state index < -0.39 is 18.0 Å². The van der Waals surface area contributed by atoms with Gasteiger partial charge in [0.25, 0.3) is 0 Å². The fourth-order valence-electron chi connectivity index (χ4n) is 2.06. The van der Waals surface area contributed by atoms with E-state index in [9.17, 15) is 9.59 Å². The van der Waals surface area contributed by atoms with Gasteiger partial charge in [0, 0.05) is 9.85 Å². The summed E-state index contributed by atoms with van der Waals surface area (Å²) in [6.45, 7) is 0.0118. The fraction of sp³-hybridized carbons (Fsp3) is 0.125. The molecule has 4 nitrogen and oxygen atoms in total. The molecule has 0 fully saturated rings. The predicted molar refractivity (Wildman–Crippen MR) is 86.6 cm³/mol. The second kappa shape index (κ2) is 6.46. The van der Waals surface area contributed by atoms with E-state index in [0.717, 1.165) is 10.0 Å². The molecule has 1 aliphatic rings. The molecule has 0 aliphatic carbocycles. The van der Waals surface area contributed by atoms with Gasteiger partial charge in [-0.1, -0.05) is 28.1 Å². The second-order valence-electron chi connectivity index (χ2n) is 4.64. The summed E-state index contributed by atoms with van der Waals surface area (Å²) in [4.78, 5) is 23.7. The number of rotatable bonds is 4. The van der Waals surface area contributed by atoms with Gasteiger partial charge in [-0.15, -0.1) is 0 Å². The van der Waals surface area contributed by atoms with E-state index in [1.54, 1.807) is 22.9 Å². The summed E-state index contributed by atoms with van der Waals surface area (Å²) in [6.07, 6.45) is 1.13. The highest BCUT2D eigenvalue weighted by Crippen LogP contribution is 2.26. The van der Waals surface area contributed by atoms with Gasteiger partial charge in [-0.2, -0.15) is 11.3 Å². The average Bonchev–Trinajstić information content (AvgIpc) is 3.14. The molecule has 2 aromatic rings. The van der Waals surface area contributed by atoms with Gasteiger partial charge in [0.15, 0.2) is 6.10 Å². The Labute approximate surface area is 139 Å². The number of ether oxygens (including phenoxy) is 2. The summed E-state index contributed by atoms with van der Waals surface area (Å²) in [7, 11) is 0. The number of carbonyl (C=O) groups is 2. The lowest BCUT2D eigenvalue weighted by molar-refractivity contribution is -0.139. The summed E-state index contributed by atoms with van der Waals surface area (Å²) in [5.74, 6) is -0.823. The molecule has 1 unspecified atom stereocenters. The number of benzene rings is 1. The number of esters is 2. The molecule has 1 aromatic carbocycles. The van der Waals surface area contributed by atoms with E-state index in [2.05, 4.69) is 15.9 Å². The molecule has 0 spiro atoms. The molecule has 0 saturated carbocycles. The standard InChI is InChI=1S/C16H11BrO4S/c17-12-3-1-2-10(6-12)14-7-13(21-16(14)19)8-20-15(18)11-4-5-22-9-11/h1-7,9,13H,8H2. The highest BCUT2D eigenvalue weighted by molar-refractivity contribution is 9.10. The predicted octanol–water partition coefficient (Wildman–Crippen LogP) is 3.68. The lowest BCUT2D eigenvalue weighted by Gasteiger charge is -2.08. The van der Waals surface area contributed by atoms with Crippen LogP contribution in [0.25, 0.3) is 5.57 Å². The van der Waals surface area contributed by atoms with Crippen LogP contribution < -0.4 is 0 Å². The van der Waals surface area contributed by atoms with E-state index >= 15 is 0 Å². The lowest BCUT2D eigenvalue weighted by atomic mass is 10.1. The van der Waals surface area contributed by atoms with Crippen LogP contribution in [0.3, 0.4) is 0 Å². The first-order chi connectivity index (χ1) is 10.6. The highest BCUT2D eigenvalue weighted by atomic mass is 79.9. The van der Waals surface area contributed by atoms with Crippen LogP contribution in [-0.4, -0.2) is 24.6 Å². The molecule has 0 radical (unpaired) electrons. The Morgan fingerprint density at radius 1 is 1.36 bits per heavy atom. The van der Waals surface area contributed by atoms with Crippen LogP contribution >= 0.6 is 27.3 Å². The van der Waals surface area contributed by atoms with Crippen molar-refractivity contribution in [3.8, 4) is 0 Å². The Morgan fingerprint density at radius 3 is 2.95 bits per heavy atom. The van der Waals surface area contributed by atoms with Crippen LogP contribution in [-0.2, 0) is 14.3 Å². The van der Waals surface area contributed by atoms with Crippen molar-refractivity contribution in [1.82, 2.24) is 0 Å². The monoisotopic (exact) mass is 378 g/mol. The van der Waals surface area contributed by atoms with Gasteiger partial charge in [-0.3, -0.25) is 0 Å². The molecule has 0 bridgehead atoms. The number of hydrogen-bond donors (Lipinski definition) is 0. The molecule has 2 heterocycles. The van der Waals surface area contributed by atoms with Crippen molar-refractivity contribution in [3.05, 3.63) is 62.8 Å². The van der Waals surface area contributed by atoms with E-state index in [1.807, 2.05) is 24.3 Å². The Bertz CT molecular complexity index is 736. The molecular formula is C16H11BrO4S. The molecule has 1 aromatic heterocycles. The van der Waals surface area contributed by atoms with Crippen molar-refractivity contribution in [2.75, 3.05) is 6.61 Å². The Hall–Kier alpha value is -1.92. The Balaban J connectivity index is 1.67. The molecular weight excluding hydrogens is 368 g/mol. The largest absolute Gasteiger partial charge is 0.458 e. The minimum Gasteiger partial charge on any atom is -0.458 e. The number of thiophene rings is 1. The van der Waals surface area contributed by atoms with Crippen molar-refractivity contribution in [2.45, 2.75) is 6.10 Å². The van der Waals surface area contributed by atoms with Crippen LogP contribution in [0, 0.1) is 0 Å². The van der Waals surface area contributed by atoms with Crippen LogP contribution in [0.2, 0.25) is 0 Å². The molecule has 6 heteroatoms. The second-order valence-corrected chi connectivity index (χ2v) is 6.34. The topological polar surface area (TPSA) is 52.6 Å². The van der Waals surface area contributed by atoms with Crippen molar-refractivity contribution in [2.24, 2.45) is 0 Å². The first-order valence-electron chi connectivity index (χ1n) is 6.51. The summed E-state index contributed by atoms with van der Waals surface area (Å²) in [5.41, 5.74) is 1.76. The minimum absolute atomic E-state index is 0.0118. The Morgan fingerprint density at radius 2 is 2.23 bits per heavy atom. The highest BCUT2D eigenvalue weighted by Gasteiger charge is 2.27. The molecule has 0 N–H and O–H groups in total. The maximum Gasteiger partial charge on any atom is 0.339 e. The van der Waals surface area contributed by atoms with Gasteiger partial charge in [-0.05, 0) is 35.2 Å². The maximum absolute atomic E-state index is 11.9. The van der Waals surface area contributed by atoms with Crippen molar-refractivity contribution >= 4 is 44.8 Å². The van der Waals surface area contributed by atoms with Gasteiger partial charge in [-0.25, -0.2) is 9.59 Å². The molecule has 1 aliphatic heterocycles. The third kappa shape index (κ3) is 3.28. The molecule has 3 rings (SSSR count). The number of carbonyl (C=O) groups excluding carboxylic acids is 2. The first kappa shape index (κ1) is 15.0. The minimum atomic E-state index is -0.552. The van der Waals surface area contributed by atoms with Gasteiger partial charge in [0.05, 0.1) is 11.1 Å². The van der Waals surface area contributed by atoms with Crippen LogP contribution in [0.4, 0.5) is 0 Å². The van der Waals surface area contributed by atoms with Gasteiger partial charge < -0.3 is 9.47 Å². The zero-order valence-electron chi connectivity index (χ0n) is 11.3. The van der Waals surface area contributed by atoms with Gasteiger partial charge in [0.1, 0.15) is 6.61 Å². The maximum atomic E-state index is 11.9. The Kier molecular flexibility index (Phi) is 4.40. The zero-order valence-corrected chi connectivity index (χ0v) is 13.7. The normalized spacial score (nSPS) is 17.0. The number of cyclic esters (lactones) is 1. The van der Waals surface area contributed by atoms with E-state index in [1.165, 1.54) is 11.3 Å². The van der Waals surface area contributed by atoms with Crippen LogP contribution in [0.5, 0.6) is 0 Å². The SMILES string of the molecule is O=C1OC(COC(=O)c2ccsc2)C=C1c1cccc(Br)c1. The van der Waals surface area contributed by atoms with Crippen LogP contribution in [0.15, 0.2) is 51.6 Å². The molecule has 0 saturated heterocycles. The lowest BCUT2D eigenvalue weighted by Crippen LogP contribution is -2.18. The summed E-state index contributed by atoms with van der Waals surface area (Å²) >= 11 is 4.79. The third-order valence-electron chi connectivity index (χ3n) is 3.10. The summed E-state index contributed by atoms with van der Waals surface area (Å²) < 4.78 is 11.3.